The van der Waals surface area contributed by atoms with Gasteiger partial charge in [-0.3, -0.25) is 9.59 Å². The second-order valence-corrected chi connectivity index (χ2v) is 5.16. The minimum absolute atomic E-state index is 0.0321. The van der Waals surface area contributed by atoms with Gasteiger partial charge in [-0.15, -0.1) is 0 Å². The largest absolute Gasteiger partial charge is 0.467 e. The van der Waals surface area contributed by atoms with Crippen molar-refractivity contribution in [3.63, 3.8) is 0 Å². The molecule has 22 heavy (non-hydrogen) atoms. The summed E-state index contributed by atoms with van der Waals surface area (Å²) in [5.74, 6) is 0.346. The van der Waals surface area contributed by atoms with E-state index in [1.165, 1.54) is 11.8 Å². The minimum atomic E-state index is -0.208. The first-order valence-electron chi connectivity index (χ1n) is 7.15. The van der Waals surface area contributed by atoms with Crippen molar-refractivity contribution in [3.05, 3.63) is 59.5 Å². The third-order valence-electron chi connectivity index (χ3n) is 3.44. The lowest BCUT2D eigenvalue weighted by Gasteiger charge is -2.21. The lowest BCUT2D eigenvalue weighted by Crippen LogP contribution is -2.39. The molecule has 0 saturated heterocycles. The summed E-state index contributed by atoms with van der Waals surface area (Å²) in [4.78, 5) is 25.3. The Bertz CT molecular complexity index is 635. The maximum Gasteiger partial charge on any atom is 0.240 e. The number of aryl methyl sites for hydroxylation is 1. The lowest BCUT2D eigenvalue weighted by atomic mass is 10.1. The fraction of sp³-hybridized carbons (Fsp3) is 0.294. The summed E-state index contributed by atoms with van der Waals surface area (Å²) in [5, 5.41) is 2.74. The maximum atomic E-state index is 12.0. The van der Waals surface area contributed by atoms with Crippen molar-refractivity contribution in [3.8, 4) is 0 Å². The highest BCUT2D eigenvalue weighted by Crippen LogP contribution is 2.10. The van der Waals surface area contributed by atoms with Crippen LogP contribution in [0.2, 0.25) is 0 Å². The van der Waals surface area contributed by atoms with Gasteiger partial charge in [0.05, 0.1) is 19.4 Å². The van der Waals surface area contributed by atoms with Crippen LogP contribution in [0.3, 0.4) is 0 Å². The Hall–Kier alpha value is -2.56. The number of hydrogen-bond acceptors (Lipinski definition) is 3. The van der Waals surface area contributed by atoms with Gasteiger partial charge < -0.3 is 14.6 Å². The minimum Gasteiger partial charge on any atom is -0.467 e. The van der Waals surface area contributed by atoms with Crippen LogP contribution >= 0.6 is 0 Å². The zero-order valence-electron chi connectivity index (χ0n) is 12.8. The van der Waals surface area contributed by atoms with Gasteiger partial charge in [-0.2, -0.15) is 0 Å². The molecule has 0 fully saturated rings. The van der Waals surface area contributed by atoms with Gasteiger partial charge in [0.15, 0.2) is 0 Å². The Labute approximate surface area is 129 Å². The Morgan fingerprint density at radius 1 is 1.18 bits per heavy atom. The van der Waals surface area contributed by atoms with Gasteiger partial charge >= 0.3 is 0 Å². The lowest BCUT2D eigenvalue weighted by molar-refractivity contribution is -0.135. The second kappa shape index (κ2) is 7.45. The first kappa shape index (κ1) is 15.8. The summed E-state index contributed by atoms with van der Waals surface area (Å²) >= 11 is 0. The zero-order valence-corrected chi connectivity index (χ0v) is 12.8. The van der Waals surface area contributed by atoms with Gasteiger partial charge in [-0.25, -0.2) is 0 Å². The first-order valence-corrected chi connectivity index (χ1v) is 7.15. The molecule has 0 aliphatic carbocycles. The van der Waals surface area contributed by atoms with E-state index in [1.54, 1.807) is 18.4 Å². The second-order valence-electron chi connectivity index (χ2n) is 5.16. The van der Waals surface area contributed by atoms with Gasteiger partial charge in [0.25, 0.3) is 0 Å². The van der Waals surface area contributed by atoms with E-state index in [4.69, 9.17) is 4.42 Å². The van der Waals surface area contributed by atoms with Gasteiger partial charge in [0, 0.05) is 13.5 Å². The van der Waals surface area contributed by atoms with Gasteiger partial charge in [0.2, 0.25) is 11.8 Å². The fourth-order valence-corrected chi connectivity index (χ4v) is 2.10. The van der Waals surface area contributed by atoms with Crippen molar-refractivity contribution in [2.45, 2.75) is 26.9 Å². The number of hydrogen-bond donors (Lipinski definition) is 1. The number of furan rings is 1. The van der Waals surface area contributed by atoms with E-state index in [0.717, 1.165) is 11.1 Å². The topological polar surface area (TPSA) is 62.6 Å². The van der Waals surface area contributed by atoms with Crippen LogP contribution < -0.4 is 5.32 Å². The third kappa shape index (κ3) is 4.48. The van der Waals surface area contributed by atoms with Crippen molar-refractivity contribution in [1.82, 2.24) is 10.2 Å². The number of amides is 2. The van der Waals surface area contributed by atoms with Crippen LogP contribution in [0.5, 0.6) is 0 Å². The SMILES string of the molecule is CC(=O)N(CC(=O)NCc1ccco1)Cc1ccccc1C. The number of benzene rings is 1. The van der Waals surface area contributed by atoms with Crippen LogP contribution in [0.1, 0.15) is 23.8 Å². The number of rotatable bonds is 6. The molecule has 0 unspecified atom stereocenters. The maximum absolute atomic E-state index is 12.0. The summed E-state index contributed by atoms with van der Waals surface area (Å²) in [6, 6.07) is 11.4. The molecule has 1 aromatic heterocycles. The molecular formula is C17H20N2O3. The fourth-order valence-electron chi connectivity index (χ4n) is 2.10. The molecule has 5 nitrogen and oxygen atoms in total. The van der Waals surface area contributed by atoms with E-state index < -0.39 is 0 Å². The molecule has 0 radical (unpaired) electrons. The average molecular weight is 300 g/mol. The molecule has 116 valence electrons. The van der Waals surface area contributed by atoms with E-state index in [0.29, 0.717) is 18.8 Å². The molecule has 2 amide bonds. The van der Waals surface area contributed by atoms with Gasteiger partial charge in [0.1, 0.15) is 5.76 Å². The van der Waals surface area contributed by atoms with E-state index >= 15 is 0 Å². The molecule has 1 heterocycles. The van der Waals surface area contributed by atoms with Crippen LogP contribution in [0, 0.1) is 6.92 Å². The van der Waals surface area contributed by atoms with Crippen molar-refractivity contribution < 1.29 is 14.0 Å². The molecule has 0 aliphatic heterocycles. The summed E-state index contributed by atoms with van der Waals surface area (Å²) < 4.78 is 5.15. The average Bonchev–Trinajstić information content (AvgIpc) is 3.00. The Kier molecular flexibility index (Phi) is 5.36. The predicted octanol–water partition coefficient (Wildman–Crippen LogP) is 2.25. The standard InChI is InChI=1S/C17H20N2O3/c1-13-6-3-4-7-15(13)11-19(14(2)20)12-17(21)18-10-16-8-5-9-22-16/h3-9H,10-12H2,1-2H3,(H,18,21). The summed E-state index contributed by atoms with van der Waals surface area (Å²) in [7, 11) is 0. The van der Waals surface area contributed by atoms with Crippen LogP contribution in [-0.2, 0) is 22.7 Å². The van der Waals surface area contributed by atoms with Crippen molar-refractivity contribution >= 4 is 11.8 Å². The Balaban J connectivity index is 1.92. The summed E-state index contributed by atoms with van der Waals surface area (Å²) in [5.41, 5.74) is 2.14. The van der Waals surface area contributed by atoms with Crippen molar-refractivity contribution in [2.24, 2.45) is 0 Å². The molecule has 0 aliphatic rings. The van der Waals surface area contributed by atoms with Crippen LogP contribution in [0.25, 0.3) is 0 Å². The Morgan fingerprint density at radius 2 is 1.95 bits per heavy atom. The predicted molar refractivity (Wildman–Crippen MR) is 82.8 cm³/mol. The van der Waals surface area contributed by atoms with E-state index in [-0.39, 0.29) is 18.4 Å². The number of carbonyl (C=O) groups is 2. The molecule has 1 aromatic carbocycles. The highest BCUT2D eigenvalue weighted by Gasteiger charge is 2.15. The molecule has 2 aromatic rings. The van der Waals surface area contributed by atoms with Crippen LogP contribution in [0.4, 0.5) is 0 Å². The smallest absolute Gasteiger partial charge is 0.240 e. The molecule has 1 N–H and O–H groups in total. The Morgan fingerprint density at radius 3 is 2.59 bits per heavy atom. The molecule has 5 heteroatoms. The van der Waals surface area contributed by atoms with Gasteiger partial charge in [-0.1, -0.05) is 24.3 Å². The molecule has 0 saturated carbocycles. The summed E-state index contributed by atoms with van der Waals surface area (Å²) in [6.07, 6.45) is 1.56. The highest BCUT2D eigenvalue weighted by molar-refractivity contribution is 5.83. The van der Waals surface area contributed by atoms with E-state index in [9.17, 15) is 9.59 Å². The number of nitrogens with zero attached hydrogens (tertiary/aromatic N) is 1. The van der Waals surface area contributed by atoms with Crippen molar-refractivity contribution in [1.29, 1.82) is 0 Å². The molecule has 0 spiro atoms. The van der Waals surface area contributed by atoms with E-state index in [1.807, 2.05) is 31.2 Å². The number of nitrogens with one attached hydrogen (secondary N) is 1. The van der Waals surface area contributed by atoms with E-state index in [2.05, 4.69) is 5.32 Å². The molecule has 0 atom stereocenters. The normalized spacial score (nSPS) is 10.3. The van der Waals surface area contributed by atoms with Crippen LogP contribution in [0.15, 0.2) is 47.1 Å². The van der Waals surface area contributed by atoms with Crippen LogP contribution in [-0.4, -0.2) is 23.3 Å². The molecule has 0 bridgehead atoms. The summed E-state index contributed by atoms with van der Waals surface area (Å²) in [6.45, 7) is 4.24. The van der Waals surface area contributed by atoms with Crippen molar-refractivity contribution in [2.75, 3.05) is 6.54 Å². The molecule has 2 rings (SSSR count). The first-order chi connectivity index (χ1) is 10.6. The number of carbonyl (C=O) groups excluding carboxylic acids is 2. The zero-order chi connectivity index (χ0) is 15.9. The quantitative estimate of drug-likeness (QED) is 0.890. The molecular weight excluding hydrogens is 280 g/mol. The van der Waals surface area contributed by atoms with Gasteiger partial charge in [-0.05, 0) is 30.2 Å². The third-order valence-corrected chi connectivity index (χ3v) is 3.44. The monoisotopic (exact) mass is 300 g/mol. The highest BCUT2D eigenvalue weighted by atomic mass is 16.3.